The summed E-state index contributed by atoms with van der Waals surface area (Å²) >= 11 is 12.3. The van der Waals surface area contributed by atoms with Crippen molar-refractivity contribution in [2.45, 2.75) is 56.6 Å². The summed E-state index contributed by atoms with van der Waals surface area (Å²) in [7, 11) is -3.63. The molecule has 1 fully saturated rings. The van der Waals surface area contributed by atoms with Crippen molar-refractivity contribution in [3.05, 3.63) is 27.7 Å². The SMILES string of the molecule is CC(C)NCc1cc(Cl)cc(S(=O)(=O)NC2CCC2)c1Cl. The first-order valence-electron chi connectivity index (χ1n) is 7.03. The molecule has 0 aliphatic heterocycles. The van der Waals surface area contributed by atoms with Gasteiger partial charge in [0.1, 0.15) is 4.90 Å². The van der Waals surface area contributed by atoms with E-state index < -0.39 is 10.0 Å². The quantitative estimate of drug-likeness (QED) is 0.827. The number of sulfonamides is 1. The number of hydrogen-bond acceptors (Lipinski definition) is 3. The van der Waals surface area contributed by atoms with Crippen molar-refractivity contribution >= 4 is 33.2 Å². The van der Waals surface area contributed by atoms with Crippen LogP contribution in [0.1, 0.15) is 38.7 Å². The van der Waals surface area contributed by atoms with Crippen molar-refractivity contribution in [2.24, 2.45) is 0 Å². The molecule has 0 saturated heterocycles. The maximum Gasteiger partial charge on any atom is 0.242 e. The summed E-state index contributed by atoms with van der Waals surface area (Å²) in [6.45, 7) is 4.49. The fourth-order valence-electron chi connectivity index (χ4n) is 2.07. The van der Waals surface area contributed by atoms with Crippen molar-refractivity contribution in [1.29, 1.82) is 0 Å². The Morgan fingerprint density at radius 3 is 2.48 bits per heavy atom. The minimum Gasteiger partial charge on any atom is -0.310 e. The van der Waals surface area contributed by atoms with Crippen molar-refractivity contribution in [1.82, 2.24) is 10.0 Å². The summed E-state index contributed by atoms with van der Waals surface area (Å²) in [5.74, 6) is 0. The normalized spacial score (nSPS) is 16.2. The Balaban J connectivity index is 2.29. The fourth-order valence-corrected chi connectivity index (χ4v) is 4.30. The van der Waals surface area contributed by atoms with Crippen LogP contribution >= 0.6 is 23.2 Å². The number of rotatable bonds is 6. The summed E-state index contributed by atoms with van der Waals surface area (Å²) in [5, 5.41) is 3.82. The average molecular weight is 351 g/mol. The molecular weight excluding hydrogens is 331 g/mol. The molecular formula is C14H20Cl2N2O2S. The molecule has 0 heterocycles. The minimum atomic E-state index is -3.63. The third-order valence-electron chi connectivity index (χ3n) is 3.50. The van der Waals surface area contributed by atoms with Crippen molar-refractivity contribution in [2.75, 3.05) is 0 Å². The first kappa shape index (κ1) is 17.0. The van der Waals surface area contributed by atoms with Crippen LogP contribution in [0.5, 0.6) is 0 Å². The van der Waals surface area contributed by atoms with Gasteiger partial charge in [0.05, 0.1) is 5.02 Å². The number of halogens is 2. The molecule has 21 heavy (non-hydrogen) atoms. The Morgan fingerprint density at radius 1 is 1.29 bits per heavy atom. The average Bonchev–Trinajstić information content (AvgIpc) is 2.34. The maximum atomic E-state index is 12.4. The summed E-state index contributed by atoms with van der Waals surface area (Å²) in [4.78, 5) is 0.0594. The van der Waals surface area contributed by atoms with Crippen LogP contribution in [-0.4, -0.2) is 20.5 Å². The van der Waals surface area contributed by atoms with Crippen molar-refractivity contribution < 1.29 is 8.42 Å². The van der Waals surface area contributed by atoms with E-state index in [1.165, 1.54) is 6.07 Å². The van der Waals surface area contributed by atoms with Crippen LogP contribution in [0.4, 0.5) is 0 Å². The molecule has 2 N–H and O–H groups in total. The second-order valence-corrected chi connectivity index (χ2v) is 8.16. The van der Waals surface area contributed by atoms with Crippen molar-refractivity contribution in [3.8, 4) is 0 Å². The van der Waals surface area contributed by atoms with E-state index in [0.717, 1.165) is 19.3 Å². The highest BCUT2D eigenvalue weighted by atomic mass is 35.5. The second-order valence-electron chi connectivity index (χ2n) is 5.66. The molecule has 0 spiro atoms. The lowest BCUT2D eigenvalue weighted by Gasteiger charge is -2.26. The van der Waals surface area contributed by atoms with Gasteiger partial charge in [-0.15, -0.1) is 0 Å². The van der Waals surface area contributed by atoms with E-state index in [1.807, 2.05) is 13.8 Å². The van der Waals surface area contributed by atoms with E-state index in [0.29, 0.717) is 17.1 Å². The van der Waals surface area contributed by atoms with Gasteiger partial charge in [-0.05, 0) is 30.5 Å². The zero-order chi connectivity index (χ0) is 15.6. The molecule has 1 aliphatic rings. The summed E-state index contributed by atoms with van der Waals surface area (Å²) in [6, 6.07) is 3.39. The van der Waals surface area contributed by atoms with Crippen LogP contribution in [0.25, 0.3) is 0 Å². The van der Waals surface area contributed by atoms with Crippen LogP contribution < -0.4 is 10.0 Å². The van der Waals surface area contributed by atoms with Crippen LogP contribution in [-0.2, 0) is 16.6 Å². The van der Waals surface area contributed by atoms with E-state index >= 15 is 0 Å². The van der Waals surface area contributed by atoms with Gasteiger partial charge >= 0.3 is 0 Å². The van der Waals surface area contributed by atoms with E-state index in [1.54, 1.807) is 6.07 Å². The van der Waals surface area contributed by atoms with Gasteiger partial charge < -0.3 is 5.32 Å². The number of benzene rings is 1. The topological polar surface area (TPSA) is 58.2 Å². The molecule has 1 aliphatic carbocycles. The molecule has 7 heteroatoms. The highest BCUT2D eigenvalue weighted by Crippen LogP contribution is 2.31. The molecule has 0 atom stereocenters. The zero-order valence-corrected chi connectivity index (χ0v) is 14.4. The predicted molar refractivity (Wildman–Crippen MR) is 86.4 cm³/mol. The third kappa shape index (κ3) is 4.33. The van der Waals surface area contributed by atoms with Crippen LogP contribution in [0.15, 0.2) is 17.0 Å². The van der Waals surface area contributed by atoms with E-state index in [2.05, 4.69) is 10.0 Å². The van der Waals surface area contributed by atoms with E-state index in [-0.39, 0.29) is 22.0 Å². The van der Waals surface area contributed by atoms with Crippen LogP contribution in [0.2, 0.25) is 10.0 Å². The van der Waals surface area contributed by atoms with Gasteiger partial charge in [-0.3, -0.25) is 0 Å². The van der Waals surface area contributed by atoms with E-state index in [4.69, 9.17) is 23.2 Å². The maximum absolute atomic E-state index is 12.4. The fraction of sp³-hybridized carbons (Fsp3) is 0.571. The lowest BCUT2D eigenvalue weighted by atomic mass is 9.94. The van der Waals surface area contributed by atoms with Crippen LogP contribution in [0, 0.1) is 0 Å². The lowest BCUT2D eigenvalue weighted by Crippen LogP contribution is -2.39. The Labute approximate surface area is 136 Å². The van der Waals surface area contributed by atoms with Gasteiger partial charge in [-0.1, -0.05) is 43.5 Å². The lowest BCUT2D eigenvalue weighted by molar-refractivity contribution is 0.383. The monoisotopic (exact) mass is 350 g/mol. The summed E-state index contributed by atoms with van der Waals surface area (Å²) in [6.07, 6.45) is 2.80. The van der Waals surface area contributed by atoms with Gasteiger partial charge in [-0.2, -0.15) is 0 Å². The first-order valence-corrected chi connectivity index (χ1v) is 9.27. The third-order valence-corrected chi connectivity index (χ3v) is 5.82. The number of nitrogens with one attached hydrogen (secondary N) is 2. The van der Waals surface area contributed by atoms with Gasteiger partial charge in [0.25, 0.3) is 0 Å². The second kappa shape index (κ2) is 6.84. The van der Waals surface area contributed by atoms with Gasteiger partial charge in [0.2, 0.25) is 10.0 Å². The minimum absolute atomic E-state index is 0.0160. The van der Waals surface area contributed by atoms with E-state index in [9.17, 15) is 8.42 Å². The molecule has 0 bridgehead atoms. The Kier molecular flexibility index (Phi) is 5.54. The molecule has 2 rings (SSSR count). The first-order chi connectivity index (χ1) is 9.79. The standard InChI is InChI=1S/C14H20Cl2N2O2S/c1-9(2)17-8-10-6-11(15)7-13(14(10)16)21(19,20)18-12-4-3-5-12/h6-7,9,12,17-18H,3-5,8H2,1-2H3. The van der Waals surface area contributed by atoms with Crippen LogP contribution in [0.3, 0.4) is 0 Å². The highest BCUT2D eigenvalue weighted by Gasteiger charge is 2.27. The molecule has 1 saturated carbocycles. The smallest absolute Gasteiger partial charge is 0.242 e. The zero-order valence-electron chi connectivity index (χ0n) is 12.1. The summed E-state index contributed by atoms with van der Waals surface area (Å²) in [5.41, 5.74) is 0.687. The summed E-state index contributed by atoms with van der Waals surface area (Å²) < 4.78 is 27.5. The highest BCUT2D eigenvalue weighted by molar-refractivity contribution is 7.89. The molecule has 1 aromatic rings. The Bertz CT molecular complexity index is 614. The van der Waals surface area contributed by atoms with Gasteiger partial charge in [0, 0.05) is 23.7 Å². The molecule has 0 aromatic heterocycles. The molecule has 0 amide bonds. The Morgan fingerprint density at radius 2 is 1.95 bits per heavy atom. The Hall–Kier alpha value is -0.330. The predicted octanol–water partition coefficient (Wildman–Crippen LogP) is 3.32. The molecule has 0 radical (unpaired) electrons. The molecule has 1 aromatic carbocycles. The number of hydrogen-bond donors (Lipinski definition) is 2. The van der Waals surface area contributed by atoms with Crippen molar-refractivity contribution in [3.63, 3.8) is 0 Å². The molecule has 118 valence electrons. The van der Waals surface area contributed by atoms with Gasteiger partial charge in [-0.25, -0.2) is 13.1 Å². The largest absolute Gasteiger partial charge is 0.310 e. The van der Waals surface area contributed by atoms with Gasteiger partial charge in [0.15, 0.2) is 0 Å². The molecule has 0 unspecified atom stereocenters. The molecule has 4 nitrogen and oxygen atoms in total.